The van der Waals surface area contributed by atoms with Crippen molar-refractivity contribution in [3.8, 4) is 17.6 Å². The van der Waals surface area contributed by atoms with Crippen LogP contribution in [0, 0.1) is 17.1 Å². The average Bonchev–Trinajstić information content (AvgIpc) is 2.12. The Morgan fingerprint density at radius 3 is 2.85 bits per heavy atom. The van der Waals surface area contributed by atoms with Crippen LogP contribution in [0.25, 0.3) is 0 Å². The lowest BCUT2D eigenvalue weighted by molar-refractivity contribution is 0.334. The minimum absolute atomic E-state index is 0.153. The standard InChI is InChI=1S/C9H8FNO2/c1-2-13-8-4-3-7(12)9(10)6(8)5-11/h3-4,12H,2H2,1H3. The van der Waals surface area contributed by atoms with Gasteiger partial charge >= 0.3 is 0 Å². The molecule has 3 nitrogen and oxygen atoms in total. The summed E-state index contributed by atoms with van der Waals surface area (Å²) < 4.78 is 18.0. The van der Waals surface area contributed by atoms with Gasteiger partial charge in [0, 0.05) is 0 Å². The fourth-order valence-electron chi connectivity index (χ4n) is 0.927. The molecule has 0 aliphatic rings. The van der Waals surface area contributed by atoms with E-state index in [-0.39, 0.29) is 11.3 Å². The van der Waals surface area contributed by atoms with Gasteiger partial charge in [0.15, 0.2) is 11.6 Å². The molecular formula is C9H8FNO2. The Morgan fingerprint density at radius 1 is 1.62 bits per heavy atom. The van der Waals surface area contributed by atoms with E-state index in [1.165, 1.54) is 6.07 Å². The lowest BCUT2D eigenvalue weighted by Crippen LogP contribution is -1.96. The highest BCUT2D eigenvalue weighted by Gasteiger charge is 2.12. The van der Waals surface area contributed by atoms with E-state index in [0.717, 1.165) is 6.07 Å². The van der Waals surface area contributed by atoms with Gasteiger partial charge in [0.05, 0.1) is 6.61 Å². The fraction of sp³-hybridized carbons (Fsp3) is 0.222. The zero-order valence-electron chi connectivity index (χ0n) is 7.04. The number of hydrogen-bond donors (Lipinski definition) is 1. The minimum atomic E-state index is -0.937. The normalized spacial score (nSPS) is 9.31. The van der Waals surface area contributed by atoms with Gasteiger partial charge in [-0.3, -0.25) is 0 Å². The first-order valence-electron chi connectivity index (χ1n) is 3.75. The molecule has 13 heavy (non-hydrogen) atoms. The summed E-state index contributed by atoms with van der Waals surface area (Å²) in [6.07, 6.45) is 0. The molecule has 0 aliphatic heterocycles. The van der Waals surface area contributed by atoms with Crippen LogP contribution in [-0.2, 0) is 0 Å². The predicted octanol–water partition coefficient (Wildman–Crippen LogP) is 1.80. The molecule has 0 spiro atoms. The second-order valence-corrected chi connectivity index (χ2v) is 2.32. The van der Waals surface area contributed by atoms with Gasteiger partial charge in [0.25, 0.3) is 0 Å². The molecule has 0 amide bonds. The van der Waals surface area contributed by atoms with Gasteiger partial charge in [-0.1, -0.05) is 0 Å². The number of phenolic OH excluding ortho intramolecular Hbond substituents is 1. The van der Waals surface area contributed by atoms with Gasteiger partial charge in [-0.2, -0.15) is 5.26 Å². The quantitative estimate of drug-likeness (QED) is 0.756. The molecular weight excluding hydrogens is 173 g/mol. The second-order valence-electron chi connectivity index (χ2n) is 2.32. The number of benzene rings is 1. The summed E-state index contributed by atoms with van der Waals surface area (Å²) in [5.41, 5.74) is -0.262. The Balaban J connectivity index is 3.23. The lowest BCUT2D eigenvalue weighted by Gasteiger charge is -2.05. The first-order valence-corrected chi connectivity index (χ1v) is 3.75. The average molecular weight is 181 g/mol. The van der Waals surface area contributed by atoms with Crippen molar-refractivity contribution in [2.75, 3.05) is 6.61 Å². The second kappa shape index (κ2) is 3.76. The maximum Gasteiger partial charge on any atom is 0.186 e. The van der Waals surface area contributed by atoms with E-state index in [4.69, 9.17) is 15.1 Å². The molecule has 0 fully saturated rings. The molecule has 0 heterocycles. The third kappa shape index (κ3) is 1.70. The van der Waals surface area contributed by atoms with Crippen LogP contribution in [-0.4, -0.2) is 11.7 Å². The lowest BCUT2D eigenvalue weighted by atomic mass is 10.2. The largest absolute Gasteiger partial charge is 0.505 e. The van der Waals surface area contributed by atoms with E-state index in [0.29, 0.717) is 6.61 Å². The molecule has 0 aromatic heterocycles. The predicted molar refractivity (Wildman–Crippen MR) is 43.9 cm³/mol. The van der Waals surface area contributed by atoms with Crippen LogP contribution in [0.2, 0.25) is 0 Å². The Kier molecular flexibility index (Phi) is 2.70. The third-order valence-electron chi connectivity index (χ3n) is 1.49. The van der Waals surface area contributed by atoms with Crippen molar-refractivity contribution in [1.29, 1.82) is 5.26 Å². The van der Waals surface area contributed by atoms with Crippen molar-refractivity contribution in [2.45, 2.75) is 6.92 Å². The Hall–Kier alpha value is -1.76. The monoisotopic (exact) mass is 181 g/mol. The molecule has 0 atom stereocenters. The number of phenols is 1. The molecule has 0 saturated carbocycles. The maximum atomic E-state index is 13.0. The van der Waals surface area contributed by atoms with Crippen LogP contribution in [0.1, 0.15) is 12.5 Å². The van der Waals surface area contributed by atoms with Crippen LogP contribution in [0.15, 0.2) is 12.1 Å². The number of nitriles is 1. The van der Waals surface area contributed by atoms with Crippen LogP contribution >= 0.6 is 0 Å². The van der Waals surface area contributed by atoms with Gasteiger partial charge in [0.1, 0.15) is 17.4 Å². The number of aromatic hydroxyl groups is 1. The Labute approximate surface area is 75.0 Å². The highest BCUT2D eigenvalue weighted by atomic mass is 19.1. The molecule has 0 aliphatic carbocycles. The van der Waals surface area contributed by atoms with Crippen molar-refractivity contribution < 1.29 is 14.2 Å². The van der Waals surface area contributed by atoms with E-state index in [1.807, 2.05) is 0 Å². The number of rotatable bonds is 2. The Morgan fingerprint density at radius 2 is 2.31 bits per heavy atom. The van der Waals surface area contributed by atoms with Gasteiger partial charge in [-0.15, -0.1) is 0 Å². The van der Waals surface area contributed by atoms with E-state index >= 15 is 0 Å². The van der Waals surface area contributed by atoms with Crippen molar-refractivity contribution in [3.63, 3.8) is 0 Å². The molecule has 1 N–H and O–H groups in total. The van der Waals surface area contributed by atoms with E-state index in [9.17, 15) is 4.39 Å². The zero-order valence-corrected chi connectivity index (χ0v) is 7.04. The summed E-state index contributed by atoms with van der Waals surface area (Å²) in [6.45, 7) is 2.07. The minimum Gasteiger partial charge on any atom is -0.505 e. The van der Waals surface area contributed by atoms with Crippen molar-refractivity contribution in [3.05, 3.63) is 23.5 Å². The molecule has 4 heteroatoms. The molecule has 1 aromatic carbocycles. The van der Waals surface area contributed by atoms with Crippen molar-refractivity contribution >= 4 is 0 Å². The van der Waals surface area contributed by atoms with Gasteiger partial charge in [0.2, 0.25) is 0 Å². The Bertz CT molecular complexity index is 357. The number of ether oxygens (including phenoxy) is 1. The van der Waals surface area contributed by atoms with Gasteiger partial charge in [-0.05, 0) is 19.1 Å². The molecule has 0 radical (unpaired) electrons. The number of halogens is 1. The van der Waals surface area contributed by atoms with Crippen LogP contribution in [0.5, 0.6) is 11.5 Å². The van der Waals surface area contributed by atoms with Crippen LogP contribution in [0.4, 0.5) is 4.39 Å². The summed E-state index contributed by atoms with van der Waals surface area (Å²) in [6, 6.07) is 4.14. The maximum absolute atomic E-state index is 13.0. The van der Waals surface area contributed by atoms with Crippen molar-refractivity contribution in [1.82, 2.24) is 0 Å². The molecule has 0 unspecified atom stereocenters. The smallest absolute Gasteiger partial charge is 0.186 e. The zero-order chi connectivity index (χ0) is 9.84. The van der Waals surface area contributed by atoms with Crippen molar-refractivity contribution in [2.24, 2.45) is 0 Å². The number of nitrogens with zero attached hydrogens (tertiary/aromatic N) is 1. The molecule has 1 aromatic rings. The molecule has 68 valence electrons. The van der Waals surface area contributed by atoms with E-state index < -0.39 is 11.6 Å². The van der Waals surface area contributed by atoms with E-state index in [1.54, 1.807) is 13.0 Å². The van der Waals surface area contributed by atoms with Crippen LogP contribution < -0.4 is 4.74 Å². The fourth-order valence-corrected chi connectivity index (χ4v) is 0.927. The summed E-state index contributed by atoms with van der Waals surface area (Å²) in [4.78, 5) is 0. The van der Waals surface area contributed by atoms with Gasteiger partial charge < -0.3 is 9.84 Å². The van der Waals surface area contributed by atoms with Gasteiger partial charge in [-0.25, -0.2) is 4.39 Å². The van der Waals surface area contributed by atoms with Crippen LogP contribution in [0.3, 0.4) is 0 Å². The van der Waals surface area contributed by atoms with E-state index in [2.05, 4.69) is 0 Å². The third-order valence-corrected chi connectivity index (χ3v) is 1.49. The topological polar surface area (TPSA) is 53.2 Å². The summed E-state index contributed by atoms with van der Waals surface area (Å²) in [5, 5.41) is 17.5. The highest BCUT2D eigenvalue weighted by molar-refractivity contribution is 5.48. The first kappa shape index (κ1) is 9.33. The summed E-state index contributed by atoms with van der Waals surface area (Å²) >= 11 is 0. The molecule has 0 saturated heterocycles. The summed E-state index contributed by atoms with van der Waals surface area (Å²) in [7, 11) is 0. The molecule has 0 bridgehead atoms. The summed E-state index contributed by atoms with van der Waals surface area (Å²) in [5.74, 6) is -1.33. The first-order chi connectivity index (χ1) is 6.20. The highest BCUT2D eigenvalue weighted by Crippen LogP contribution is 2.27. The number of hydrogen-bond acceptors (Lipinski definition) is 3. The SMILES string of the molecule is CCOc1ccc(O)c(F)c1C#N. The molecule has 1 rings (SSSR count).